The average Bonchev–Trinajstić information content (AvgIpc) is 2.39. The fourth-order valence-electron chi connectivity index (χ4n) is 1.73. The lowest BCUT2D eigenvalue weighted by molar-refractivity contribution is -0.0328. The summed E-state index contributed by atoms with van der Waals surface area (Å²) < 4.78 is 62.9. The summed E-state index contributed by atoms with van der Waals surface area (Å²) in [4.78, 5) is -0.00138. The van der Waals surface area contributed by atoms with E-state index in [-0.39, 0.29) is 28.1 Å². The zero-order valence-corrected chi connectivity index (χ0v) is 12.8. The molecule has 0 aliphatic rings. The van der Waals surface area contributed by atoms with E-state index in [1.54, 1.807) is 30.3 Å². The van der Waals surface area contributed by atoms with Gasteiger partial charge >= 0.3 is 5.51 Å². The topological polar surface area (TPSA) is 46.2 Å². The predicted molar refractivity (Wildman–Crippen MR) is 81.0 cm³/mol. The van der Waals surface area contributed by atoms with Crippen LogP contribution in [0.15, 0.2) is 59.5 Å². The van der Waals surface area contributed by atoms with Gasteiger partial charge < -0.3 is 0 Å². The molecule has 0 fully saturated rings. The Hall–Kier alpha value is -1.67. The largest absolute Gasteiger partial charge is 0.446 e. The van der Waals surface area contributed by atoms with Gasteiger partial charge in [0.25, 0.3) is 0 Å². The molecule has 0 spiro atoms. The molecule has 118 valence electrons. The summed E-state index contributed by atoms with van der Waals surface area (Å²) >= 11 is -0.247. The molecule has 8 heteroatoms. The fraction of sp³-hybridized carbons (Fsp3) is 0.143. The molecule has 0 atom stereocenters. The number of sulfonamides is 1. The maximum atomic E-state index is 12.2. The summed E-state index contributed by atoms with van der Waals surface area (Å²) in [5.41, 5.74) is -3.52. The number of benzene rings is 2. The molecule has 2 rings (SSSR count). The summed E-state index contributed by atoms with van der Waals surface area (Å²) in [6.45, 7) is 0. The second-order valence-electron chi connectivity index (χ2n) is 4.42. The molecule has 3 nitrogen and oxygen atoms in total. The maximum Gasteiger partial charge on any atom is 0.446 e. The zero-order chi connectivity index (χ0) is 16.2. The van der Waals surface area contributed by atoms with E-state index in [2.05, 4.69) is 4.72 Å². The Labute approximate surface area is 130 Å². The van der Waals surface area contributed by atoms with Crippen LogP contribution in [-0.2, 0) is 15.8 Å². The molecule has 0 aliphatic carbocycles. The van der Waals surface area contributed by atoms with E-state index in [9.17, 15) is 21.6 Å². The first-order chi connectivity index (χ1) is 10.2. The van der Waals surface area contributed by atoms with Crippen LogP contribution in [0.5, 0.6) is 0 Å². The molecule has 0 aromatic heterocycles. The molecular weight excluding hydrogens is 335 g/mol. The summed E-state index contributed by atoms with van der Waals surface area (Å²) in [5, 5.41) is 0. The minimum Gasteiger partial charge on any atom is -0.283 e. The van der Waals surface area contributed by atoms with Crippen LogP contribution in [0, 0.1) is 0 Å². The van der Waals surface area contributed by atoms with Crippen LogP contribution < -0.4 is 4.72 Å². The van der Waals surface area contributed by atoms with Crippen molar-refractivity contribution in [2.75, 3.05) is 4.72 Å². The zero-order valence-electron chi connectivity index (χ0n) is 11.2. The Balaban J connectivity index is 2.04. The molecule has 0 saturated heterocycles. The summed E-state index contributed by atoms with van der Waals surface area (Å²) in [5.74, 6) is -0.201. The molecule has 0 unspecified atom stereocenters. The molecule has 22 heavy (non-hydrogen) atoms. The van der Waals surface area contributed by atoms with Gasteiger partial charge in [-0.05, 0) is 41.6 Å². The molecule has 0 aliphatic heterocycles. The van der Waals surface area contributed by atoms with Gasteiger partial charge in [-0.3, -0.25) is 4.72 Å². The van der Waals surface area contributed by atoms with E-state index in [1.165, 1.54) is 24.3 Å². The van der Waals surface area contributed by atoms with Crippen molar-refractivity contribution in [2.45, 2.75) is 16.2 Å². The number of anilines is 1. The average molecular weight is 347 g/mol. The standard InChI is InChI=1S/C14H12F3NO2S2/c15-14(16,17)21-13-8-6-12(7-9-13)18-22(19,20)10-11-4-2-1-3-5-11/h1-9,18H,10H2. The van der Waals surface area contributed by atoms with Crippen LogP contribution in [0.1, 0.15) is 5.56 Å². The van der Waals surface area contributed by atoms with Gasteiger partial charge in [0, 0.05) is 10.6 Å². The predicted octanol–water partition coefficient (Wildman–Crippen LogP) is 4.24. The van der Waals surface area contributed by atoms with Crippen molar-refractivity contribution in [2.24, 2.45) is 0 Å². The van der Waals surface area contributed by atoms with Crippen molar-refractivity contribution < 1.29 is 21.6 Å². The minimum atomic E-state index is -4.37. The third kappa shape index (κ3) is 5.61. The van der Waals surface area contributed by atoms with Gasteiger partial charge in [-0.2, -0.15) is 13.2 Å². The van der Waals surface area contributed by atoms with Crippen molar-refractivity contribution in [1.29, 1.82) is 0 Å². The molecule has 0 radical (unpaired) electrons. The van der Waals surface area contributed by atoms with Gasteiger partial charge in [0.2, 0.25) is 10.0 Å². The molecule has 0 heterocycles. The van der Waals surface area contributed by atoms with Gasteiger partial charge in [0.1, 0.15) is 0 Å². The van der Waals surface area contributed by atoms with Crippen LogP contribution in [0.25, 0.3) is 0 Å². The summed E-state index contributed by atoms with van der Waals surface area (Å²) in [7, 11) is -3.61. The van der Waals surface area contributed by atoms with Crippen LogP contribution in [0.4, 0.5) is 18.9 Å². The normalized spacial score (nSPS) is 12.1. The van der Waals surface area contributed by atoms with E-state index in [0.29, 0.717) is 5.56 Å². The SMILES string of the molecule is O=S(=O)(Cc1ccccc1)Nc1ccc(SC(F)(F)F)cc1. The number of thioether (sulfide) groups is 1. The van der Waals surface area contributed by atoms with Crippen molar-refractivity contribution in [3.8, 4) is 0 Å². The van der Waals surface area contributed by atoms with Gasteiger partial charge in [0.05, 0.1) is 5.75 Å². The van der Waals surface area contributed by atoms with Crippen LogP contribution in [-0.4, -0.2) is 13.9 Å². The third-order valence-corrected chi connectivity index (χ3v) is 4.56. The van der Waals surface area contributed by atoms with Gasteiger partial charge in [-0.1, -0.05) is 30.3 Å². The van der Waals surface area contributed by atoms with Crippen molar-refractivity contribution in [1.82, 2.24) is 0 Å². The lowest BCUT2D eigenvalue weighted by Crippen LogP contribution is -2.14. The molecule has 0 amide bonds. The molecule has 2 aromatic rings. The number of alkyl halides is 3. The minimum absolute atomic E-state index is 0.00138. The Kier molecular flexibility index (Phi) is 5.02. The van der Waals surface area contributed by atoms with Crippen LogP contribution in [0.2, 0.25) is 0 Å². The first-order valence-corrected chi connectivity index (χ1v) is 8.61. The van der Waals surface area contributed by atoms with Gasteiger partial charge in [-0.15, -0.1) is 0 Å². The van der Waals surface area contributed by atoms with Crippen LogP contribution >= 0.6 is 11.8 Å². The first kappa shape index (κ1) is 16.7. The molecule has 2 aromatic carbocycles. The van der Waals surface area contributed by atoms with E-state index >= 15 is 0 Å². The number of halogens is 3. The Bertz CT molecular complexity index is 714. The van der Waals surface area contributed by atoms with Crippen molar-refractivity contribution >= 4 is 27.5 Å². The lowest BCUT2D eigenvalue weighted by Gasteiger charge is -2.09. The van der Waals surface area contributed by atoms with E-state index in [4.69, 9.17) is 0 Å². The fourth-order valence-corrected chi connectivity index (χ4v) is 3.47. The smallest absolute Gasteiger partial charge is 0.283 e. The highest BCUT2D eigenvalue weighted by molar-refractivity contribution is 8.00. The Morgan fingerprint density at radius 3 is 2.09 bits per heavy atom. The van der Waals surface area contributed by atoms with Crippen LogP contribution in [0.3, 0.4) is 0 Å². The van der Waals surface area contributed by atoms with E-state index in [0.717, 1.165) is 0 Å². The highest BCUT2D eigenvalue weighted by Gasteiger charge is 2.29. The first-order valence-electron chi connectivity index (χ1n) is 6.14. The van der Waals surface area contributed by atoms with Crippen molar-refractivity contribution in [3.05, 3.63) is 60.2 Å². The number of nitrogens with one attached hydrogen (secondary N) is 1. The van der Waals surface area contributed by atoms with Gasteiger partial charge in [0.15, 0.2) is 0 Å². The number of hydrogen-bond acceptors (Lipinski definition) is 3. The van der Waals surface area contributed by atoms with Gasteiger partial charge in [-0.25, -0.2) is 8.42 Å². The number of hydrogen-bond donors (Lipinski definition) is 1. The van der Waals surface area contributed by atoms with Crippen molar-refractivity contribution in [3.63, 3.8) is 0 Å². The molecule has 0 saturated carbocycles. The molecule has 1 N–H and O–H groups in total. The number of rotatable bonds is 5. The summed E-state index contributed by atoms with van der Waals surface area (Å²) in [6, 6.07) is 13.7. The second kappa shape index (κ2) is 6.62. The highest BCUT2D eigenvalue weighted by Crippen LogP contribution is 2.37. The Morgan fingerprint density at radius 1 is 0.955 bits per heavy atom. The Morgan fingerprint density at radius 2 is 1.55 bits per heavy atom. The van der Waals surface area contributed by atoms with E-state index < -0.39 is 15.5 Å². The monoisotopic (exact) mass is 347 g/mol. The second-order valence-corrected chi connectivity index (χ2v) is 7.28. The molecule has 0 bridgehead atoms. The highest BCUT2D eigenvalue weighted by atomic mass is 32.2. The van der Waals surface area contributed by atoms with E-state index in [1.807, 2.05) is 0 Å². The maximum absolute atomic E-state index is 12.2. The third-order valence-electron chi connectivity index (χ3n) is 2.56. The summed E-state index contributed by atoms with van der Waals surface area (Å²) in [6.07, 6.45) is 0. The molecular formula is C14H12F3NO2S2. The quantitative estimate of drug-likeness (QED) is 0.823. The lowest BCUT2D eigenvalue weighted by atomic mass is 10.2.